The SMILES string of the molecule is CCn1ncc(Br)c1C(CC1CCOC1)NC. The van der Waals surface area contributed by atoms with Crippen molar-refractivity contribution in [3.8, 4) is 0 Å². The predicted octanol–water partition coefficient (Wildman–Crippen LogP) is 2.35. The molecule has 1 aliphatic rings. The first kappa shape index (κ1) is 13.1. The molecule has 17 heavy (non-hydrogen) atoms. The van der Waals surface area contributed by atoms with Crippen molar-refractivity contribution in [3.63, 3.8) is 0 Å². The smallest absolute Gasteiger partial charge is 0.0695 e. The van der Waals surface area contributed by atoms with Crippen molar-refractivity contribution in [2.45, 2.75) is 32.4 Å². The second kappa shape index (κ2) is 5.98. The molecule has 0 radical (unpaired) electrons. The van der Waals surface area contributed by atoms with Crippen molar-refractivity contribution < 1.29 is 4.74 Å². The topological polar surface area (TPSA) is 39.1 Å². The van der Waals surface area contributed by atoms with Gasteiger partial charge in [-0.05, 0) is 48.7 Å². The van der Waals surface area contributed by atoms with E-state index in [0.717, 1.165) is 30.7 Å². The second-order valence-corrected chi connectivity index (χ2v) is 5.35. The van der Waals surface area contributed by atoms with E-state index in [1.807, 2.05) is 13.2 Å². The molecule has 1 fully saturated rings. The Kier molecular flexibility index (Phi) is 4.59. The Morgan fingerprint density at radius 3 is 3.12 bits per heavy atom. The van der Waals surface area contributed by atoms with Crippen molar-refractivity contribution in [2.75, 3.05) is 20.3 Å². The Balaban J connectivity index is 2.12. The molecule has 2 atom stereocenters. The molecule has 0 bridgehead atoms. The standard InChI is InChI=1S/C12H20BrN3O/c1-3-16-12(10(13)7-15-16)11(14-2)6-9-4-5-17-8-9/h7,9,11,14H,3-6,8H2,1-2H3. The second-order valence-electron chi connectivity index (χ2n) is 4.50. The molecular formula is C12H20BrN3O. The molecule has 96 valence electrons. The normalized spacial score (nSPS) is 21.9. The third-order valence-electron chi connectivity index (χ3n) is 3.40. The minimum atomic E-state index is 0.346. The highest BCUT2D eigenvalue weighted by Gasteiger charge is 2.24. The van der Waals surface area contributed by atoms with E-state index in [2.05, 4.69) is 38.0 Å². The highest BCUT2D eigenvalue weighted by Crippen LogP contribution is 2.30. The van der Waals surface area contributed by atoms with Crippen LogP contribution in [0.2, 0.25) is 0 Å². The Morgan fingerprint density at radius 2 is 2.53 bits per heavy atom. The van der Waals surface area contributed by atoms with Gasteiger partial charge in [0.15, 0.2) is 0 Å². The van der Waals surface area contributed by atoms with E-state index >= 15 is 0 Å². The van der Waals surface area contributed by atoms with Crippen LogP contribution in [-0.4, -0.2) is 30.0 Å². The number of aryl methyl sites for hydroxylation is 1. The molecule has 2 rings (SSSR count). The lowest BCUT2D eigenvalue weighted by atomic mass is 9.97. The summed E-state index contributed by atoms with van der Waals surface area (Å²) in [5.41, 5.74) is 1.25. The van der Waals surface area contributed by atoms with Crippen LogP contribution in [0.4, 0.5) is 0 Å². The highest BCUT2D eigenvalue weighted by molar-refractivity contribution is 9.10. The van der Waals surface area contributed by atoms with E-state index in [4.69, 9.17) is 4.74 Å². The van der Waals surface area contributed by atoms with Gasteiger partial charge >= 0.3 is 0 Å². The number of rotatable bonds is 5. The fourth-order valence-electron chi connectivity index (χ4n) is 2.44. The molecule has 4 nitrogen and oxygen atoms in total. The van der Waals surface area contributed by atoms with E-state index in [0.29, 0.717) is 12.0 Å². The molecule has 2 heterocycles. The van der Waals surface area contributed by atoms with E-state index < -0.39 is 0 Å². The molecule has 0 aromatic carbocycles. The lowest BCUT2D eigenvalue weighted by molar-refractivity contribution is 0.181. The zero-order chi connectivity index (χ0) is 12.3. The molecule has 1 aromatic heterocycles. The van der Waals surface area contributed by atoms with Gasteiger partial charge in [-0.2, -0.15) is 5.10 Å². The maximum Gasteiger partial charge on any atom is 0.0695 e. The fourth-order valence-corrected chi connectivity index (χ4v) is 3.01. The van der Waals surface area contributed by atoms with E-state index in [9.17, 15) is 0 Å². The summed E-state index contributed by atoms with van der Waals surface area (Å²) in [4.78, 5) is 0. The lowest BCUT2D eigenvalue weighted by Gasteiger charge is -2.21. The van der Waals surface area contributed by atoms with E-state index in [1.54, 1.807) is 0 Å². The molecule has 1 aliphatic heterocycles. The number of nitrogens with zero attached hydrogens (tertiary/aromatic N) is 2. The third-order valence-corrected chi connectivity index (χ3v) is 4.02. The van der Waals surface area contributed by atoms with E-state index in [1.165, 1.54) is 12.1 Å². The summed E-state index contributed by atoms with van der Waals surface area (Å²) in [7, 11) is 2.01. The summed E-state index contributed by atoms with van der Waals surface area (Å²) in [6.45, 7) is 4.83. The minimum absolute atomic E-state index is 0.346. The van der Waals surface area contributed by atoms with Crippen LogP contribution in [-0.2, 0) is 11.3 Å². The first-order valence-corrected chi connectivity index (χ1v) is 7.01. The number of nitrogens with one attached hydrogen (secondary N) is 1. The molecular weight excluding hydrogens is 282 g/mol. The molecule has 1 aromatic rings. The van der Waals surface area contributed by atoms with Crippen LogP contribution in [0.3, 0.4) is 0 Å². The van der Waals surface area contributed by atoms with Crippen LogP contribution in [0.15, 0.2) is 10.7 Å². The summed E-state index contributed by atoms with van der Waals surface area (Å²) < 4.78 is 8.60. The molecule has 0 spiro atoms. The Labute approximate surface area is 111 Å². The minimum Gasteiger partial charge on any atom is -0.381 e. The predicted molar refractivity (Wildman–Crippen MR) is 70.9 cm³/mol. The molecule has 2 unspecified atom stereocenters. The van der Waals surface area contributed by atoms with Crippen LogP contribution >= 0.6 is 15.9 Å². The van der Waals surface area contributed by atoms with Crippen molar-refractivity contribution in [1.82, 2.24) is 15.1 Å². The third kappa shape index (κ3) is 2.89. The van der Waals surface area contributed by atoms with Gasteiger partial charge in [0.1, 0.15) is 0 Å². The number of ether oxygens (including phenoxy) is 1. The van der Waals surface area contributed by atoms with Crippen molar-refractivity contribution >= 4 is 15.9 Å². The number of halogens is 1. The number of hydrogen-bond acceptors (Lipinski definition) is 3. The molecule has 5 heteroatoms. The zero-order valence-corrected chi connectivity index (χ0v) is 12.0. The van der Waals surface area contributed by atoms with Crippen molar-refractivity contribution in [2.24, 2.45) is 5.92 Å². The largest absolute Gasteiger partial charge is 0.381 e. The molecule has 0 aliphatic carbocycles. The van der Waals surface area contributed by atoms with Gasteiger partial charge in [-0.3, -0.25) is 4.68 Å². The monoisotopic (exact) mass is 301 g/mol. The number of aromatic nitrogens is 2. The van der Waals surface area contributed by atoms with Crippen LogP contribution in [0.1, 0.15) is 31.5 Å². The van der Waals surface area contributed by atoms with Gasteiger partial charge in [-0.25, -0.2) is 0 Å². The summed E-state index contributed by atoms with van der Waals surface area (Å²) in [5, 5.41) is 7.78. The van der Waals surface area contributed by atoms with Crippen LogP contribution in [0, 0.1) is 5.92 Å². The van der Waals surface area contributed by atoms with Gasteiger partial charge in [0.25, 0.3) is 0 Å². The molecule has 1 N–H and O–H groups in total. The zero-order valence-electron chi connectivity index (χ0n) is 10.4. The summed E-state index contributed by atoms with van der Waals surface area (Å²) >= 11 is 3.59. The van der Waals surface area contributed by atoms with Crippen LogP contribution in [0.25, 0.3) is 0 Å². The quantitative estimate of drug-likeness (QED) is 0.907. The number of hydrogen-bond donors (Lipinski definition) is 1. The Bertz CT molecular complexity index is 361. The summed E-state index contributed by atoms with van der Waals surface area (Å²) in [5.74, 6) is 0.666. The summed E-state index contributed by atoms with van der Waals surface area (Å²) in [6.07, 6.45) is 4.17. The van der Waals surface area contributed by atoms with Gasteiger partial charge in [-0.15, -0.1) is 0 Å². The molecule has 1 saturated heterocycles. The Morgan fingerprint density at radius 1 is 1.71 bits per heavy atom. The maximum absolute atomic E-state index is 5.44. The van der Waals surface area contributed by atoms with Gasteiger partial charge in [-0.1, -0.05) is 0 Å². The van der Waals surface area contributed by atoms with Crippen molar-refractivity contribution in [3.05, 3.63) is 16.4 Å². The van der Waals surface area contributed by atoms with Gasteiger partial charge in [0.05, 0.1) is 22.4 Å². The molecule has 0 amide bonds. The lowest BCUT2D eigenvalue weighted by Crippen LogP contribution is -2.23. The fraction of sp³-hybridized carbons (Fsp3) is 0.750. The first-order valence-electron chi connectivity index (χ1n) is 6.22. The average molecular weight is 302 g/mol. The average Bonchev–Trinajstić information content (AvgIpc) is 2.95. The highest BCUT2D eigenvalue weighted by atomic mass is 79.9. The van der Waals surface area contributed by atoms with E-state index in [-0.39, 0.29) is 0 Å². The van der Waals surface area contributed by atoms with Crippen LogP contribution in [0.5, 0.6) is 0 Å². The maximum atomic E-state index is 5.44. The van der Waals surface area contributed by atoms with Crippen molar-refractivity contribution in [1.29, 1.82) is 0 Å². The van der Waals surface area contributed by atoms with Gasteiger partial charge in [0, 0.05) is 19.8 Å². The summed E-state index contributed by atoms with van der Waals surface area (Å²) in [6, 6.07) is 0.346. The molecule has 0 saturated carbocycles. The van der Waals surface area contributed by atoms with Gasteiger partial charge in [0.2, 0.25) is 0 Å². The first-order chi connectivity index (χ1) is 8.26. The van der Waals surface area contributed by atoms with Crippen LogP contribution < -0.4 is 5.32 Å². The Hall–Kier alpha value is -0.390. The van der Waals surface area contributed by atoms with Gasteiger partial charge < -0.3 is 10.1 Å².